The minimum absolute atomic E-state index is 0.244. The van der Waals surface area contributed by atoms with E-state index in [4.69, 9.17) is 10.5 Å². The molecule has 0 aliphatic heterocycles. The van der Waals surface area contributed by atoms with Gasteiger partial charge in [0.25, 0.3) is 0 Å². The van der Waals surface area contributed by atoms with Gasteiger partial charge in [-0.2, -0.15) is 0 Å². The molecular weight excluding hydrogens is 198 g/mol. The summed E-state index contributed by atoms with van der Waals surface area (Å²) in [5.41, 5.74) is 6.18. The highest BCUT2D eigenvalue weighted by Gasteiger charge is 2.50. The third-order valence-electron chi connectivity index (χ3n) is 5.17. The van der Waals surface area contributed by atoms with Crippen LogP contribution in [0.3, 0.4) is 0 Å². The normalized spacial score (nSPS) is 47.2. The Kier molecular flexibility index (Phi) is 2.75. The summed E-state index contributed by atoms with van der Waals surface area (Å²) in [5, 5.41) is 0. The summed E-state index contributed by atoms with van der Waals surface area (Å²) < 4.78 is 5.95. The predicted molar refractivity (Wildman–Crippen MR) is 65.1 cm³/mol. The molecule has 2 nitrogen and oxygen atoms in total. The molecule has 1 unspecified atom stereocenters. The van der Waals surface area contributed by atoms with E-state index in [0.29, 0.717) is 12.0 Å². The SMILES string of the molecule is CC(CN)OCC12CC3CC(CC(C3)C1)C2. The lowest BCUT2D eigenvalue weighted by molar-refractivity contribution is -0.107. The van der Waals surface area contributed by atoms with E-state index >= 15 is 0 Å². The molecule has 16 heavy (non-hydrogen) atoms. The third kappa shape index (κ3) is 1.91. The molecule has 0 heterocycles. The molecule has 4 aliphatic carbocycles. The van der Waals surface area contributed by atoms with Gasteiger partial charge in [0.15, 0.2) is 0 Å². The average molecular weight is 223 g/mol. The van der Waals surface area contributed by atoms with E-state index in [-0.39, 0.29) is 6.10 Å². The van der Waals surface area contributed by atoms with Crippen molar-refractivity contribution in [3.8, 4) is 0 Å². The standard InChI is InChI=1S/C14H25NO/c1-10(8-15)16-9-14-5-11-2-12(6-14)4-13(3-11)7-14/h10-13H,2-9,15H2,1H3. The lowest BCUT2D eigenvalue weighted by atomic mass is 9.50. The van der Waals surface area contributed by atoms with E-state index in [1.165, 1.54) is 38.5 Å². The second kappa shape index (κ2) is 3.99. The Hall–Kier alpha value is -0.0800. The molecule has 0 aromatic heterocycles. The molecule has 4 aliphatic rings. The quantitative estimate of drug-likeness (QED) is 0.795. The predicted octanol–water partition coefficient (Wildman–Crippen LogP) is 2.57. The Morgan fingerprint density at radius 2 is 1.62 bits per heavy atom. The Balaban J connectivity index is 1.64. The number of nitrogens with two attached hydrogens (primary N) is 1. The van der Waals surface area contributed by atoms with E-state index in [2.05, 4.69) is 6.92 Å². The molecule has 4 bridgehead atoms. The number of hydrogen-bond acceptors (Lipinski definition) is 2. The second-order valence-electron chi connectivity index (χ2n) is 6.77. The zero-order chi connectivity index (χ0) is 11.2. The van der Waals surface area contributed by atoms with Gasteiger partial charge in [-0.3, -0.25) is 0 Å². The molecular formula is C14H25NO. The van der Waals surface area contributed by atoms with E-state index < -0.39 is 0 Å². The summed E-state index contributed by atoms with van der Waals surface area (Å²) >= 11 is 0. The van der Waals surface area contributed by atoms with Crippen molar-refractivity contribution < 1.29 is 4.74 Å². The van der Waals surface area contributed by atoms with Gasteiger partial charge < -0.3 is 10.5 Å². The minimum Gasteiger partial charge on any atom is -0.377 e. The zero-order valence-electron chi connectivity index (χ0n) is 10.5. The molecule has 1 atom stereocenters. The Bertz CT molecular complexity index is 228. The van der Waals surface area contributed by atoms with Gasteiger partial charge in [0.05, 0.1) is 12.7 Å². The van der Waals surface area contributed by atoms with Crippen LogP contribution in [-0.4, -0.2) is 19.3 Å². The summed E-state index contributed by atoms with van der Waals surface area (Å²) in [7, 11) is 0. The van der Waals surface area contributed by atoms with Crippen LogP contribution in [0.25, 0.3) is 0 Å². The van der Waals surface area contributed by atoms with Crippen molar-refractivity contribution in [2.24, 2.45) is 28.9 Å². The molecule has 2 N–H and O–H groups in total. The van der Waals surface area contributed by atoms with Gasteiger partial charge in [-0.05, 0) is 68.6 Å². The maximum absolute atomic E-state index is 5.95. The Labute approximate surface area is 98.9 Å². The minimum atomic E-state index is 0.244. The second-order valence-corrected chi connectivity index (χ2v) is 6.77. The van der Waals surface area contributed by atoms with Crippen molar-refractivity contribution >= 4 is 0 Å². The van der Waals surface area contributed by atoms with Gasteiger partial charge in [0.2, 0.25) is 0 Å². The van der Waals surface area contributed by atoms with Crippen molar-refractivity contribution in [2.45, 2.75) is 51.6 Å². The molecule has 92 valence electrons. The highest BCUT2D eigenvalue weighted by Crippen LogP contribution is 2.60. The Morgan fingerprint density at radius 1 is 1.12 bits per heavy atom. The van der Waals surface area contributed by atoms with Gasteiger partial charge in [-0.15, -0.1) is 0 Å². The largest absolute Gasteiger partial charge is 0.377 e. The van der Waals surface area contributed by atoms with Crippen LogP contribution in [0.15, 0.2) is 0 Å². The van der Waals surface area contributed by atoms with E-state index in [1.54, 1.807) is 0 Å². The molecule has 0 spiro atoms. The topological polar surface area (TPSA) is 35.2 Å². The van der Waals surface area contributed by atoms with Crippen molar-refractivity contribution in [1.82, 2.24) is 0 Å². The van der Waals surface area contributed by atoms with Gasteiger partial charge in [0.1, 0.15) is 0 Å². The van der Waals surface area contributed by atoms with Crippen LogP contribution in [0.4, 0.5) is 0 Å². The fourth-order valence-corrected chi connectivity index (χ4v) is 4.85. The fourth-order valence-electron chi connectivity index (χ4n) is 4.85. The van der Waals surface area contributed by atoms with Crippen LogP contribution in [0.5, 0.6) is 0 Å². The Morgan fingerprint density at radius 3 is 2.06 bits per heavy atom. The number of hydrogen-bond donors (Lipinski definition) is 1. The first-order valence-corrected chi connectivity index (χ1v) is 7.01. The van der Waals surface area contributed by atoms with E-state index in [9.17, 15) is 0 Å². The zero-order valence-corrected chi connectivity index (χ0v) is 10.5. The lowest BCUT2D eigenvalue weighted by Crippen LogP contribution is -2.48. The van der Waals surface area contributed by atoms with Crippen LogP contribution in [0, 0.1) is 23.2 Å². The third-order valence-corrected chi connectivity index (χ3v) is 5.17. The summed E-state index contributed by atoms with van der Waals surface area (Å²) in [6, 6.07) is 0. The van der Waals surface area contributed by atoms with Crippen molar-refractivity contribution in [3.05, 3.63) is 0 Å². The molecule has 4 saturated carbocycles. The van der Waals surface area contributed by atoms with Gasteiger partial charge >= 0.3 is 0 Å². The van der Waals surface area contributed by atoms with Crippen LogP contribution < -0.4 is 5.73 Å². The summed E-state index contributed by atoms with van der Waals surface area (Å²) in [6.45, 7) is 3.74. The number of rotatable bonds is 4. The first-order valence-electron chi connectivity index (χ1n) is 7.01. The van der Waals surface area contributed by atoms with Gasteiger partial charge in [0, 0.05) is 6.54 Å². The van der Waals surface area contributed by atoms with Crippen molar-refractivity contribution in [2.75, 3.05) is 13.2 Å². The average Bonchev–Trinajstić information content (AvgIpc) is 2.24. The van der Waals surface area contributed by atoms with Crippen LogP contribution in [-0.2, 0) is 4.74 Å². The highest BCUT2D eigenvalue weighted by atomic mass is 16.5. The van der Waals surface area contributed by atoms with E-state index in [0.717, 1.165) is 24.4 Å². The van der Waals surface area contributed by atoms with Crippen LogP contribution in [0.1, 0.15) is 45.4 Å². The molecule has 0 radical (unpaired) electrons. The molecule has 2 heteroatoms. The lowest BCUT2D eigenvalue weighted by Gasteiger charge is -2.56. The molecule has 0 aromatic rings. The molecule has 0 amide bonds. The first-order chi connectivity index (χ1) is 7.69. The van der Waals surface area contributed by atoms with Gasteiger partial charge in [-0.1, -0.05) is 0 Å². The maximum Gasteiger partial charge on any atom is 0.0669 e. The fraction of sp³-hybridized carbons (Fsp3) is 1.00. The maximum atomic E-state index is 5.95. The molecule has 0 aromatic carbocycles. The monoisotopic (exact) mass is 223 g/mol. The summed E-state index contributed by atoms with van der Waals surface area (Å²) in [5.74, 6) is 3.09. The van der Waals surface area contributed by atoms with Crippen LogP contribution >= 0.6 is 0 Å². The van der Waals surface area contributed by atoms with Gasteiger partial charge in [-0.25, -0.2) is 0 Å². The first kappa shape index (κ1) is 11.0. The van der Waals surface area contributed by atoms with Crippen molar-refractivity contribution in [1.29, 1.82) is 0 Å². The molecule has 4 rings (SSSR count). The van der Waals surface area contributed by atoms with E-state index in [1.807, 2.05) is 0 Å². The summed E-state index contributed by atoms with van der Waals surface area (Å²) in [4.78, 5) is 0. The summed E-state index contributed by atoms with van der Waals surface area (Å²) in [6.07, 6.45) is 9.12. The molecule has 4 fully saturated rings. The van der Waals surface area contributed by atoms with Crippen LogP contribution in [0.2, 0.25) is 0 Å². The number of ether oxygens (including phenoxy) is 1. The highest BCUT2D eigenvalue weighted by molar-refractivity contribution is 5.01. The smallest absolute Gasteiger partial charge is 0.0669 e. The van der Waals surface area contributed by atoms with Crippen molar-refractivity contribution in [3.63, 3.8) is 0 Å². The molecule has 0 saturated heterocycles.